The molecule has 0 aliphatic carbocycles. The largest absolute Gasteiger partial charge is 0.496 e. The Balaban J connectivity index is 2.87. The SMILES string of the molecule is C=CCNC(C)(C#N)Cc1ccccc1OC. The molecule has 3 nitrogen and oxygen atoms in total. The van der Waals surface area contributed by atoms with Gasteiger partial charge in [-0.15, -0.1) is 6.58 Å². The number of benzene rings is 1. The van der Waals surface area contributed by atoms with Crippen LogP contribution in [-0.2, 0) is 6.42 Å². The van der Waals surface area contributed by atoms with Crippen LogP contribution in [0.2, 0.25) is 0 Å². The molecule has 1 unspecified atom stereocenters. The molecule has 1 atom stereocenters. The van der Waals surface area contributed by atoms with E-state index in [1.807, 2.05) is 31.2 Å². The van der Waals surface area contributed by atoms with E-state index in [1.54, 1.807) is 13.2 Å². The van der Waals surface area contributed by atoms with Crippen LogP contribution in [0.5, 0.6) is 5.75 Å². The fourth-order valence-corrected chi connectivity index (χ4v) is 1.67. The van der Waals surface area contributed by atoms with E-state index in [1.165, 1.54) is 0 Å². The molecule has 0 aliphatic heterocycles. The minimum atomic E-state index is -0.608. The van der Waals surface area contributed by atoms with Gasteiger partial charge in [-0.1, -0.05) is 24.3 Å². The van der Waals surface area contributed by atoms with Gasteiger partial charge in [0.25, 0.3) is 0 Å². The Labute approximate surface area is 103 Å². The molecule has 1 N–H and O–H groups in total. The molecule has 0 radical (unpaired) electrons. The first-order valence-corrected chi connectivity index (χ1v) is 5.54. The molecule has 3 heteroatoms. The molecule has 1 aromatic rings. The number of hydrogen-bond donors (Lipinski definition) is 1. The van der Waals surface area contributed by atoms with Crippen molar-refractivity contribution >= 4 is 0 Å². The number of methoxy groups -OCH3 is 1. The minimum Gasteiger partial charge on any atom is -0.496 e. The average Bonchev–Trinajstić information content (AvgIpc) is 2.37. The number of ether oxygens (including phenoxy) is 1. The number of nitrogens with one attached hydrogen (secondary N) is 1. The average molecular weight is 230 g/mol. The number of nitriles is 1. The quantitative estimate of drug-likeness (QED) is 0.763. The number of rotatable bonds is 6. The van der Waals surface area contributed by atoms with E-state index in [4.69, 9.17) is 4.74 Å². The van der Waals surface area contributed by atoms with Crippen LogP contribution >= 0.6 is 0 Å². The number of hydrogen-bond acceptors (Lipinski definition) is 3. The van der Waals surface area contributed by atoms with Crippen LogP contribution < -0.4 is 10.1 Å². The Bertz CT molecular complexity index is 422. The molecule has 0 amide bonds. The first kappa shape index (κ1) is 13.3. The Morgan fingerprint density at radius 3 is 2.82 bits per heavy atom. The molecule has 0 saturated heterocycles. The highest BCUT2D eigenvalue weighted by molar-refractivity contribution is 5.35. The minimum absolute atomic E-state index is 0.599. The van der Waals surface area contributed by atoms with Crippen LogP contribution in [0.25, 0.3) is 0 Å². The van der Waals surface area contributed by atoms with Gasteiger partial charge in [0.1, 0.15) is 11.3 Å². The lowest BCUT2D eigenvalue weighted by molar-refractivity contribution is 0.399. The van der Waals surface area contributed by atoms with Gasteiger partial charge in [-0.2, -0.15) is 5.26 Å². The summed E-state index contributed by atoms with van der Waals surface area (Å²) in [6.45, 7) is 6.13. The third kappa shape index (κ3) is 3.61. The summed E-state index contributed by atoms with van der Waals surface area (Å²) in [5.74, 6) is 0.814. The zero-order valence-corrected chi connectivity index (χ0v) is 10.4. The van der Waals surface area contributed by atoms with Crippen molar-refractivity contribution in [2.75, 3.05) is 13.7 Å². The summed E-state index contributed by atoms with van der Waals surface area (Å²) in [5.41, 5.74) is 0.415. The summed E-state index contributed by atoms with van der Waals surface area (Å²) < 4.78 is 5.28. The van der Waals surface area contributed by atoms with Crippen LogP contribution in [0, 0.1) is 11.3 Å². The molecule has 90 valence electrons. The Morgan fingerprint density at radius 2 is 2.24 bits per heavy atom. The highest BCUT2D eigenvalue weighted by Gasteiger charge is 2.24. The highest BCUT2D eigenvalue weighted by atomic mass is 16.5. The van der Waals surface area contributed by atoms with Crippen molar-refractivity contribution < 1.29 is 4.74 Å². The van der Waals surface area contributed by atoms with E-state index in [0.717, 1.165) is 11.3 Å². The number of nitrogens with zero attached hydrogens (tertiary/aromatic N) is 1. The topological polar surface area (TPSA) is 45.0 Å². The van der Waals surface area contributed by atoms with E-state index >= 15 is 0 Å². The first-order valence-electron chi connectivity index (χ1n) is 5.54. The molecular weight excluding hydrogens is 212 g/mol. The van der Waals surface area contributed by atoms with Gasteiger partial charge in [-0.3, -0.25) is 5.32 Å². The lowest BCUT2D eigenvalue weighted by atomic mass is 9.93. The molecule has 0 saturated carbocycles. The lowest BCUT2D eigenvalue weighted by Crippen LogP contribution is -2.43. The smallest absolute Gasteiger partial charge is 0.122 e. The molecule has 0 aromatic heterocycles. The van der Waals surface area contributed by atoms with Crippen LogP contribution in [-0.4, -0.2) is 19.2 Å². The third-order valence-electron chi connectivity index (χ3n) is 2.62. The molecule has 1 aromatic carbocycles. The zero-order valence-electron chi connectivity index (χ0n) is 10.4. The van der Waals surface area contributed by atoms with Crippen molar-refractivity contribution in [3.05, 3.63) is 42.5 Å². The summed E-state index contributed by atoms with van der Waals surface area (Å²) in [7, 11) is 1.64. The Kier molecular flexibility index (Phi) is 4.74. The first-order chi connectivity index (χ1) is 8.15. The van der Waals surface area contributed by atoms with Crippen molar-refractivity contribution in [3.8, 4) is 11.8 Å². The predicted octanol–water partition coefficient (Wildman–Crippen LogP) is 2.30. The van der Waals surface area contributed by atoms with Crippen LogP contribution in [0.3, 0.4) is 0 Å². The second-order valence-corrected chi connectivity index (χ2v) is 4.10. The summed E-state index contributed by atoms with van der Waals surface area (Å²) in [4.78, 5) is 0. The zero-order chi connectivity index (χ0) is 12.7. The van der Waals surface area contributed by atoms with Crippen molar-refractivity contribution in [1.29, 1.82) is 5.26 Å². The highest BCUT2D eigenvalue weighted by Crippen LogP contribution is 2.22. The van der Waals surface area contributed by atoms with Crippen molar-refractivity contribution in [3.63, 3.8) is 0 Å². The predicted molar refractivity (Wildman–Crippen MR) is 68.9 cm³/mol. The molecule has 0 spiro atoms. The molecule has 0 heterocycles. The maximum Gasteiger partial charge on any atom is 0.122 e. The van der Waals surface area contributed by atoms with Gasteiger partial charge < -0.3 is 4.74 Å². The second-order valence-electron chi connectivity index (χ2n) is 4.10. The standard InChI is InChI=1S/C14H18N2O/c1-4-9-16-14(2,11-15)10-12-7-5-6-8-13(12)17-3/h4-8,16H,1,9-10H2,2-3H3. The van der Waals surface area contributed by atoms with Crippen LogP contribution in [0.1, 0.15) is 12.5 Å². The van der Waals surface area contributed by atoms with Gasteiger partial charge in [0.2, 0.25) is 0 Å². The maximum absolute atomic E-state index is 9.25. The molecule has 1 rings (SSSR count). The fraction of sp³-hybridized carbons (Fsp3) is 0.357. The third-order valence-corrected chi connectivity index (χ3v) is 2.62. The summed E-state index contributed by atoms with van der Waals surface area (Å²) in [6, 6.07) is 10.0. The molecular formula is C14H18N2O. The van der Waals surface area contributed by atoms with E-state index in [-0.39, 0.29) is 0 Å². The van der Waals surface area contributed by atoms with Gasteiger partial charge in [0, 0.05) is 13.0 Å². The second kappa shape index (κ2) is 6.07. The van der Waals surface area contributed by atoms with E-state index in [2.05, 4.69) is 18.0 Å². The summed E-state index contributed by atoms with van der Waals surface area (Å²) in [5, 5.41) is 12.4. The van der Waals surface area contributed by atoms with E-state index in [0.29, 0.717) is 13.0 Å². The van der Waals surface area contributed by atoms with E-state index < -0.39 is 5.54 Å². The monoisotopic (exact) mass is 230 g/mol. The molecule has 0 fully saturated rings. The van der Waals surface area contributed by atoms with Gasteiger partial charge in [0.15, 0.2) is 0 Å². The normalized spacial score (nSPS) is 13.5. The van der Waals surface area contributed by atoms with Crippen LogP contribution in [0.4, 0.5) is 0 Å². The number of para-hydroxylation sites is 1. The van der Waals surface area contributed by atoms with Crippen molar-refractivity contribution in [2.24, 2.45) is 0 Å². The molecule has 0 bridgehead atoms. The lowest BCUT2D eigenvalue weighted by Gasteiger charge is -2.23. The fourth-order valence-electron chi connectivity index (χ4n) is 1.67. The van der Waals surface area contributed by atoms with Gasteiger partial charge >= 0.3 is 0 Å². The van der Waals surface area contributed by atoms with Crippen LogP contribution in [0.15, 0.2) is 36.9 Å². The summed E-state index contributed by atoms with van der Waals surface area (Å²) >= 11 is 0. The van der Waals surface area contributed by atoms with Crippen molar-refractivity contribution in [2.45, 2.75) is 18.9 Å². The van der Waals surface area contributed by atoms with Crippen molar-refractivity contribution in [1.82, 2.24) is 5.32 Å². The molecule has 0 aliphatic rings. The Morgan fingerprint density at radius 1 is 1.53 bits per heavy atom. The molecule has 17 heavy (non-hydrogen) atoms. The summed E-state index contributed by atoms with van der Waals surface area (Å²) in [6.07, 6.45) is 2.35. The van der Waals surface area contributed by atoms with Gasteiger partial charge in [0.05, 0.1) is 13.2 Å². The Hall–Kier alpha value is -1.79. The van der Waals surface area contributed by atoms with Gasteiger partial charge in [-0.25, -0.2) is 0 Å². The maximum atomic E-state index is 9.25. The van der Waals surface area contributed by atoms with Gasteiger partial charge in [-0.05, 0) is 18.6 Å². The van der Waals surface area contributed by atoms with E-state index in [9.17, 15) is 5.26 Å².